The third-order valence-corrected chi connectivity index (χ3v) is 12.4. The Hall–Kier alpha value is -2.88. The van der Waals surface area contributed by atoms with Crippen molar-refractivity contribution >= 4 is 42.9 Å². The van der Waals surface area contributed by atoms with E-state index >= 15 is 0 Å². The van der Waals surface area contributed by atoms with Crippen LogP contribution in [0.1, 0.15) is 27.7 Å². The van der Waals surface area contributed by atoms with Crippen LogP contribution in [0, 0.1) is 19.4 Å². The molecule has 6 heteroatoms. The van der Waals surface area contributed by atoms with Crippen LogP contribution in [-0.4, -0.2) is 44.3 Å². The molecule has 40 heavy (non-hydrogen) atoms. The number of rotatable bonds is 6. The van der Waals surface area contributed by atoms with Crippen LogP contribution in [0.25, 0.3) is 0 Å². The standard InChI is InChI=1S/C8H16N2.4C6H5.2CO.Ru.Sn/c1-7(2)9-5-6-10-8(3)4;4*1-2-4-6-5-3-1;2*1-2;;/h5-8H,1-4H3;4*1-5H;;;;/q;;;;-1;;;+1;. The molecular weight excluding hydrogens is 688 g/mol. The van der Waals surface area contributed by atoms with E-state index in [-0.39, 0.29) is 19.5 Å². The zero-order chi connectivity index (χ0) is 29.1. The molecule has 0 atom stereocenters. The Bertz CT molecular complexity index is 1040. The molecule has 0 bridgehead atoms. The maximum atomic E-state index is 7.50. The first-order valence-electron chi connectivity index (χ1n) is 12.5. The number of hydrogen-bond acceptors (Lipinski definition) is 2. The summed E-state index contributed by atoms with van der Waals surface area (Å²) >= 11 is -1.98. The minimum absolute atomic E-state index is 0. The molecule has 0 saturated heterocycles. The van der Waals surface area contributed by atoms with Gasteiger partial charge in [0.25, 0.3) is 0 Å². The van der Waals surface area contributed by atoms with Gasteiger partial charge in [0.05, 0.1) is 0 Å². The molecule has 0 aromatic heterocycles. The molecular formula is C34H36N2O2RuSn. The van der Waals surface area contributed by atoms with Crippen LogP contribution in [0.5, 0.6) is 0 Å². The number of hydrogen-bond donors (Lipinski definition) is 0. The van der Waals surface area contributed by atoms with Crippen LogP contribution < -0.4 is 10.7 Å². The van der Waals surface area contributed by atoms with Crippen molar-refractivity contribution in [2.45, 2.75) is 39.8 Å². The zero-order valence-electron chi connectivity index (χ0n) is 23.4. The molecule has 0 unspecified atom stereocenters. The molecule has 0 aliphatic carbocycles. The van der Waals surface area contributed by atoms with Gasteiger partial charge in [-0.25, -0.2) is 0 Å². The molecule has 2 radical (unpaired) electrons. The summed E-state index contributed by atoms with van der Waals surface area (Å²) in [7, 11) is 0. The minimum atomic E-state index is -1.98. The van der Waals surface area contributed by atoms with E-state index in [1.807, 2.05) is 58.0 Å². The fraction of sp³-hybridized carbons (Fsp3) is 0.176. The Labute approximate surface area is 260 Å². The van der Waals surface area contributed by atoms with E-state index in [0.717, 1.165) is 0 Å². The molecule has 4 nitrogen and oxygen atoms in total. The Morgan fingerprint density at radius 1 is 0.550 bits per heavy atom. The van der Waals surface area contributed by atoms with Gasteiger partial charge in [-0.2, -0.15) is 36.4 Å². The van der Waals surface area contributed by atoms with Gasteiger partial charge in [0.15, 0.2) is 0 Å². The third-order valence-electron chi connectivity index (χ3n) is 4.63. The Balaban J connectivity index is 0. The fourth-order valence-electron chi connectivity index (χ4n) is 3.08. The van der Waals surface area contributed by atoms with Gasteiger partial charge >= 0.3 is 164 Å². The first-order valence-corrected chi connectivity index (χ1v) is 16.8. The molecule has 206 valence electrons. The van der Waals surface area contributed by atoms with Crippen molar-refractivity contribution in [1.29, 1.82) is 0 Å². The molecule has 0 heterocycles. The van der Waals surface area contributed by atoms with Crippen LogP contribution in [0.4, 0.5) is 0 Å². The number of nitrogens with zero attached hydrogens (tertiary/aromatic N) is 2. The van der Waals surface area contributed by atoms with E-state index in [1.54, 1.807) is 12.4 Å². The van der Waals surface area contributed by atoms with Crippen LogP contribution in [-0.2, 0) is 28.8 Å². The van der Waals surface area contributed by atoms with Crippen molar-refractivity contribution in [3.8, 4) is 0 Å². The summed E-state index contributed by atoms with van der Waals surface area (Å²) in [5.74, 6) is 0. The van der Waals surface area contributed by atoms with Gasteiger partial charge in [0, 0.05) is 24.5 Å². The average molecular weight is 724 g/mol. The van der Waals surface area contributed by atoms with Gasteiger partial charge in [0.1, 0.15) is 0 Å². The average Bonchev–Trinajstić information content (AvgIpc) is 3.01. The van der Waals surface area contributed by atoms with Gasteiger partial charge < -0.3 is 0 Å². The van der Waals surface area contributed by atoms with E-state index in [1.165, 1.54) is 10.7 Å². The second-order valence-corrected chi connectivity index (χ2v) is 15.4. The molecule has 4 rings (SSSR count). The SMILES string of the molecule is CC(C)N=CC=NC(C)C.[C-]#[O+].[C-]#[O+].[Ru+].[c-]1ccccc1.c1cc[c]([Sn]([c]2ccccc2)[c]2ccccc2)cc1. The molecule has 0 amide bonds. The summed E-state index contributed by atoms with van der Waals surface area (Å²) in [5, 5.41) is 0. The second kappa shape index (κ2) is 27.7. The fourth-order valence-corrected chi connectivity index (χ4v) is 10.4. The molecule has 0 aliphatic heterocycles. The normalized spacial score (nSPS) is 9.57. The van der Waals surface area contributed by atoms with Crippen LogP contribution in [0.3, 0.4) is 0 Å². The van der Waals surface area contributed by atoms with Crippen LogP contribution in [0.2, 0.25) is 0 Å². The first kappa shape index (κ1) is 39.3. The topological polar surface area (TPSA) is 64.5 Å². The molecule has 0 spiro atoms. The summed E-state index contributed by atoms with van der Waals surface area (Å²) in [4.78, 5) is 8.24. The van der Waals surface area contributed by atoms with E-state index in [4.69, 9.17) is 9.30 Å². The second-order valence-electron chi connectivity index (χ2n) is 8.33. The summed E-state index contributed by atoms with van der Waals surface area (Å²) in [6.07, 6.45) is 3.51. The predicted octanol–water partition coefficient (Wildman–Crippen LogP) is 5.56. The van der Waals surface area contributed by atoms with E-state index in [9.17, 15) is 0 Å². The van der Waals surface area contributed by atoms with E-state index in [0.29, 0.717) is 12.1 Å². The first-order chi connectivity index (χ1) is 19.1. The van der Waals surface area contributed by atoms with Gasteiger partial charge in [-0.15, -0.1) is 0 Å². The predicted molar refractivity (Wildman–Crippen MR) is 164 cm³/mol. The maximum absolute atomic E-state index is 7.50. The van der Waals surface area contributed by atoms with Crippen molar-refractivity contribution in [2.24, 2.45) is 9.98 Å². The van der Waals surface area contributed by atoms with Crippen LogP contribution in [0.15, 0.2) is 131 Å². The Kier molecular flexibility index (Phi) is 27.2. The van der Waals surface area contributed by atoms with Gasteiger partial charge in [-0.1, -0.05) is 0 Å². The third kappa shape index (κ3) is 19.2. The van der Waals surface area contributed by atoms with Crippen LogP contribution >= 0.6 is 0 Å². The Morgan fingerprint density at radius 2 is 0.825 bits per heavy atom. The van der Waals surface area contributed by atoms with Crippen molar-refractivity contribution in [1.82, 2.24) is 0 Å². The molecule has 4 aromatic carbocycles. The van der Waals surface area contributed by atoms with Crippen molar-refractivity contribution in [3.63, 3.8) is 0 Å². The molecule has 0 saturated carbocycles. The molecule has 0 aliphatic rings. The number of benzene rings is 4. The quantitative estimate of drug-likeness (QED) is 0.108. The summed E-state index contributed by atoms with van der Waals surface area (Å²) < 4.78 is 19.6. The summed E-state index contributed by atoms with van der Waals surface area (Å²) in [5.41, 5.74) is 0. The van der Waals surface area contributed by atoms with Gasteiger partial charge in [-0.05, 0) is 27.7 Å². The van der Waals surface area contributed by atoms with Crippen molar-refractivity contribution in [3.05, 3.63) is 141 Å². The van der Waals surface area contributed by atoms with Crippen molar-refractivity contribution < 1.29 is 28.8 Å². The molecule has 0 fully saturated rings. The van der Waals surface area contributed by atoms with Gasteiger partial charge in [-0.3, -0.25) is 9.98 Å². The van der Waals surface area contributed by atoms with Gasteiger partial charge in [0.2, 0.25) is 0 Å². The number of aliphatic imine (C=N–C) groups is 2. The monoisotopic (exact) mass is 726 g/mol. The van der Waals surface area contributed by atoms with Crippen molar-refractivity contribution in [2.75, 3.05) is 0 Å². The van der Waals surface area contributed by atoms with E-state index < -0.39 is 19.8 Å². The molecule has 4 aromatic rings. The van der Waals surface area contributed by atoms with E-state index in [2.05, 4.69) is 120 Å². The summed E-state index contributed by atoms with van der Waals surface area (Å²) in [6, 6.07) is 46.2. The zero-order valence-corrected chi connectivity index (χ0v) is 28.0. The summed E-state index contributed by atoms with van der Waals surface area (Å²) in [6.45, 7) is 17.2. The Morgan fingerprint density at radius 3 is 1.02 bits per heavy atom. The molecule has 0 N–H and O–H groups in total.